The van der Waals surface area contributed by atoms with Gasteiger partial charge in [-0.3, -0.25) is 0 Å². The van der Waals surface area contributed by atoms with Crippen LogP contribution in [0.3, 0.4) is 0 Å². The lowest BCUT2D eigenvalue weighted by molar-refractivity contribution is 0.356. The van der Waals surface area contributed by atoms with Crippen LogP contribution in [-0.2, 0) is 10.0 Å². The zero-order valence-corrected chi connectivity index (χ0v) is 8.89. The van der Waals surface area contributed by atoms with Crippen molar-refractivity contribution in [3.8, 4) is 0 Å². The summed E-state index contributed by atoms with van der Waals surface area (Å²) in [5.74, 6) is 0.295. The van der Waals surface area contributed by atoms with Gasteiger partial charge in [-0.1, -0.05) is 13.3 Å². The summed E-state index contributed by atoms with van der Waals surface area (Å²) in [5.41, 5.74) is 0. The highest BCUT2D eigenvalue weighted by atomic mass is 32.2. The maximum atomic E-state index is 11.6. The minimum absolute atomic E-state index is 0.295. The number of rotatable bonds is 4. The number of unbranched alkanes of at least 4 members (excludes halogenated alkanes) is 1. The monoisotopic (exact) mass is 205 g/mol. The van der Waals surface area contributed by atoms with Crippen molar-refractivity contribution in [2.45, 2.75) is 19.8 Å². The van der Waals surface area contributed by atoms with Gasteiger partial charge in [-0.05, 0) is 6.42 Å². The minimum Gasteiger partial charge on any atom is -0.239 e. The van der Waals surface area contributed by atoms with E-state index in [1.165, 1.54) is 0 Å². The fraction of sp³-hybridized carbons (Fsp3) is 1.00. The normalized spacial score (nSPS) is 20.4. The molecule has 0 amide bonds. The number of hydrogen-bond acceptors (Lipinski definition) is 2. The molecule has 1 radical (unpaired) electrons. The highest BCUT2D eigenvalue weighted by Gasteiger charge is 2.22. The van der Waals surface area contributed by atoms with Crippen LogP contribution in [0.4, 0.5) is 0 Å². The lowest BCUT2D eigenvalue weighted by atomic mass is 10.4. The predicted octanol–water partition coefficient (Wildman–Crippen LogP) is 0.0363. The molecule has 1 heterocycles. The van der Waals surface area contributed by atoms with Crippen LogP contribution in [0.5, 0.6) is 0 Å². The molecule has 4 nitrogen and oxygen atoms in total. The van der Waals surface area contributed by atoms with Gasteiger partial charge >= 0.3 is 0 Å². The topological polar surface area (TPSA) is 51.5 Å². The van der Waals surface area contributed by atoms with Crippen molar-refractivity contribution in [3.05, 3.63) is 0 Å². The van der Waals surface area contributed by atoms with Crippen LogP contribution in [0.15, 0.2) is 0 Å². The van der Waals surface area contributed by atoms with E-state index in [0.717, 1.165) is 12.8 Å². The molecule has 13 heavy (non-hydrogen) atoms. The third-order valence-electron chi connectivity index (χ3n) is 2.16. The van der Waals surface area contributed by atoms with Gasteiger partial charge in [0, 0.05) is 26.2 Å². The Labute approximate surface area is 80.4 Å². The smallest absolute Gasteiger partial charge is 0.214 e. The van der Waals surface area contributed by atoms with Gasteiger partial charge in [-0.15, -0.1) is 0 Å². The fourth-order valence-electron chi connectivity index (χ4n) is 1.32. The van der Waals surface area contributed by atoms with Gasteiger partial charge in [-0.25, -0.2) is 13.7 Å². The van der Waals surface area contributed by atoms with E-state index in [1.807, 2.05) is 6.92 Å². The van der Waals surface area contributed by atoms with E-state index in [-0.39, 0.29) is 0 Å². The van der Waals surface area contributed by atoms with Crippen molar-refractivity contribution in [3.63, 3.8) is 0 Å². The van der Waals surface area contributed by atoms with Crippen molar-refractivity contribution >= 4 is 10.0 Å². The van der Waals surface area contributed by atoms with Crippen molar-refractivity contribution in [1.29, 1.82) is 0 Å². The maximum Gasteiger partial charge on any atom is 0.214 e. The molecule has 1 saturated heterocycles. The summed E-state index contributed by atoms with van der Waals surface area (Å²) in [6.07, 6.45) is 1.69. The molecular weight excluding hydrogens is 188 g/mol. The summed E-state index contributed by atoms with van der Waals surface area (Å²) in [5, 5.41) is 4.12. The van der Waals surface area contributed by atoms with E-state index >= 15 is 0 Å². The first-order valence-corrected chi connectivity index (χ1v) is 6.39. The summed E-state index contributed by atoms with van der Waals surface area (Å²) in [7, 11) is -2.97. The lowest BCUT2D eigenvalue weighted by Gasteiger charge is -2.25. The zero-order valence-electron chi connectivity index (χ0n) is 8.07. The molecule has 1 fully saturated rings. The molecule has 5 heteroatoms. The van der Waals surface area contributed by atoms with Crippen molar-refractivity contribution < 1.29 is 8.42 Å². The Bertz CT molecular complexity index is 233. The highest BCUT2D eigenvalue weighted by Crippen LogP contribution is 2.06. The molecule has 0 atom stereocenters. The summed E-state index contributed by atoms with van der Waals surface area (Å²) in [4.78, 5) is 0. The number of nitrogens with zero attached hydrogens (tertiary/aromatic N) is 2. The fourth-order valence-corrected chi connectivity index (χ4v) is 2.95. The van der Waals surface area contributed by atoms with Crippen molar-refractivity contribution in [2.24, 2.45) is 0 Å². The molecule has 1 rings (SSSR count). The zero-order chi connectivity index (χ0) is 9.73. The molecule has 0 saturated carbocycles. The first kappa shape index (κ1) is 10.9. The molecule has 0 aliphatic carbocycles. The Morgan fingerprint density at radius 2 is 1.92 bits per heavy atom. The minimum atomic E-state index is -2.97. The summed E-state index contributed by atoms with van der Waals surface area (Å²) in [6.45, 7) is 4.47. The third kappa shape index (κ3) is 3.25. The molecule has 0 aromatic carbocycles. The third-order valence-corrected chi connectivity index (χ3v) is 4.12. The van der Waals surface area contributed by atoms with E-state index in [0.29, 0.717) is 31.9 Å². The average molecular weight is 205 g/mol. The van der Waals surface area contributed by atoms with Gasteiger partial charge in [0.2, 0.25) is 10.0 Å². The van der Waals surface area contributed by atoms with Crippen LogP contribution < -0.4 is 5.32 Å². The lowest BCUT2D eigenvalue weighted by Crippen LogP contribution is -2.44. The van der Waals surface area contributed by atoms with E-state index in [9.17, 15) is 8.42 Å². The Morgan fingerprint density at radius 3 is 2.46 bits per heavy atom. The van der Waals surface area contributed by atoms with Gasteiger partial charge in [0.15, 0.2) is 0 Å². The molecule has 1 aliphatic heterocycles. The first-order chi connectivity index (χ1) is 6.17. The second-order valence-corrected chi connectivity index (χ2v) is 5.33. The number of hydrogen-bond donors (Lipinski definition) is 0. The standard InChI is InChI=1S/C8H17N2O2S/c1-2-3-8-13(11,12)10-6-4-9-5-7-10/h2-8H2,1H3. The van der Waals surface area contributed by atoms with Crippen molar-refractivity contribution in [2.75, 3.05) is 31.9 Å². The van der Waals surface area contributed by atoms with Gasteiger partial charge in [-0.2, -0.15) is 4.31 Å². The molecule has 77 valence electrons. The van der Waals surface area contributed by atoms with E-state index < -0.39 is 10.0 Å². The summed E-state index contributed by atoms with van der Waals surface area (Å²) in [6, 6.07) is 0. The Hall–Kier alpha value is -0.130. The highest BCUT2D eigenvalue weighted by molar-refractivity contribution is 7.89. The van der Waals surface area contributed by atoms with Gasteiger partial charge in [0.25, 0.3) is 0 Å². The Kier molecular flexibility index (Phi) is 4.15. The van der Waals surface area contributed by atoms with Gasteiger partial charge in [0.05, 0.1) is 5.75 Å². The summed E-state index contributed by atoms with van der Waals surface area (Å²) < 4.78 is 24.8. The molecular formula is C8H17N2O2S. The first-order valence-electron chi connectivity index (χ1n) is 4.78. The Balaban J connectivity index is 2.47. The van der Waals surface area contributed by atoms with Gasteiger partial charge < -0.3 is 0 Å². The van der Waals surface area contributed by atoms with Crippen LogP contribution in [0, 0.1) is 0 Å². The molecule has 0 spiro atoms. The van der Waals surface area contributed by atoms with Gasteiger partial charge in [0.1, 0.15) is 0 Å². The quantitative estimate of drug-likeness (QED) is 0.650. The molecule has 1 aliphatic rings. The predicted molar refractivity (Wildman–Crippen MR) is 52.1 cm³/mol. The molecule has 0 aromatic rings. The van der Waals surface area contributed by atoms with Crippen LogP contribution in [-0.4, -0.2) is 44.7 Å². The van der Waals surface area contributed by atoms with Crippen molar-refractivity contribution in [1.82, 2.24) is 9.62 Å². The van der Waals surface area contributed by atoms with Crippen LogP contribution in [0.2, 0.25) is 0 Å². The molecule has 0 bridgehead atoms. The number of sulfonamides is 1. The number of piperazine rings is 1. The second kappa shape index (κ2) is 4.93. The van der Waals surface area contributed by atoms with Crippen LogP contribution >= 0.6 is 0 Å². The van der Waals surface area contributed by atoms with Crippen LogP contribution in [0.1, 0.15) is 19.8 Å². The molecule has 0 aromatic heterocycles. The average Bonchev–Trinajstić information content (AvgIpc) is 2.16. The summed E-state index contributed by atoms with van der Waals surface area (Å²) >= 11 is 0. The Morgan fingerprint density at radius 1 is 1.31 bits per heavy atom. The second-order valence-electron chi connectivity index (χ2n) is 3.24. The van der Waals surface area contributed by atoms with E-state index in [4.69, 9.17) is 0 Å². The molecule has 0 unspecified atom stereocenters. The molecule has 0 N–H and O–H groups in total. The SMILES string of the molecule is CCCCS(=O)(=O)N1CC[N]CC1. The maximum absolute atomic E-state index is 11.6. The van der Waals surface area contributed by atoms with Crippen LogP contribution in [0.25, 0.3) is 0 Å². The van der Waals surface area contributed by atoms with E-state index in [1.54, 1.807) is 4.31 Å². The largest absolute Gasteiger partial charge is 0.239 e. The van der Waals surface area contributed by atoms with E-state index in [2.05, 4.69) is 5.32 Å².